The van der Waals surface area contributed by atoms with Crippen LogP contribution in [0.1, 0.15) is 57.2 Å². The number of hydrogen-bond acceptors (Lipinski definition) is 5. The minimum Gasteiger partial charge on any atom is -0.323 e. The molecule has 2 aromatic rings. The number of carbonyl (C=O) groups is 2. The predicted octanol–water partition coefficient (Wildman–Crippen LogP) is 5.17. The molecule has 1 fully saturated rings. The van der Waals surface area contributed by atoms with Crippen LogP contribution in [0, 0.1) is 5.92 Å². The lowest BCUT2D eigenvalue weighted by Crippen LogP contribution is -2.27. The maximum atomic E-state index is 11.8. The molecule has 1 heterocycles. The fraction of sp³-hybridized carbons (Fsp3) is 0.480. The second-order valence-electron chi connectivity index (χ2n) is 7.20. The molecule has 0 spiro atoms. The molecular weight excluding hydrogens is 410 g/mol. The maximum absolute atomic E-state index is 11.8. The summed E-state index contributed by atoms with van der Waals surface area (Å²) in [6.07, 6.45) is 4.03. The van der Waals surface area contributed by atoms with E-state index in [9.17, 15) is 9.59 Å². The van der Waals surface area contributed by atoms with E-state index in [0.29, 0.717) is 17.2 Å². The Morgan fingerprint density at radius 2 is 1.77 bits per heavy atom. The Bertz CT molecular complexity index is 781. The highest BCUT2D eigenvalue weighted by atomic mass is 35.5. The number of carbonyl (C=O) groups excluding carboxylic acids is 2. The summed E-state index contributed by atoms with van der Waals surface area (Å²) in [5.74, 6) is 0.920. The van der Waals surface area contributed by atoms with Crippen molar-refractivity contribution in [2.24, 2.45) is 5.92 Å². The van der Waals surface area contributed by atoms with Crippen LogP contribution in [0.15, 0.2) is 48.8 Å². The first-order valence-electron chi connectivity index (χ1n) is 10.7. The molecule has 1 aromatic carbocycles. The number of ketones is 2. The highest BCUT2D eigenvalue weighted by Gasteiger charge is 2.46. The molecule has 0 saturated heterocycles. The molecule has 0 bridgehead atoms. The van der Waals surface area contributed by atoms with E-state index in [4.69, 9.17) is 11.6 Å². The molecule has 1 aliphatic carbocycles. The Morgan fingerprint density at radius 3 is 2.16 bits per heavy atom. The zero-order valence-corrected chi connectivity index (χ0v) is 20.9. The van der Waals surface area contributed by atoms with Crippen molar-refractivity contribution in [3.05, 3.63) is 64.9 Å². The molecule has 3 rings (SSSR count). The van der Waals surface area contributed by atoms with Gasteiger partial charge in [0.25, 0.3) is 0 Å². The lowest BCUT2D eigenvalue weighted by molar-refractivity contribution is -0.123. The summed E-state index contributed by atoms with van der Waals surface area (Å²) in [5.41, 5.74) is 2.02. The monoisotopic (exact) mass is 447 g/mol. The van der Waals surface area contributed by atoms with Crippen molar-refractivity contribution in [2.75, 3.05) is 28.2 Å². The van der Waals surface area contributed by atoms with Gasteiger partial charge in [0, 0.05) is 29.8 Å². The van der Waals surface area contributed by atoms with Crippen LogP contribution >= 0.6 is 11.6 Å². The Labute approximate surface area is 193 Å². The second kappa shape index (κ2) is 15.7. The van der Waals surface area contributed by atoms with Crippen molar-refractivity contribution in [1.29, 1.82) is 0 Å². The van der Waals surface area contributed by atoms with Gasteiger partial charge in [-0.15, -0.1) is 0 Å². The predicted molar refractivity (Wildman–Crippen MR) is 131 cm³/mol. The third kappa shape index (κ3) is 9.72. The van der Waals surface area contributed by atoms with E-state index < -0.39 is 0 Å². The summed E-state index contributed by atoms with van der Waals surface area (Å²) < 4.78 is 0. The third-order valence-electron chi connectivity index (χ3n) is 4.52. The van der Waals surface area contributed by atoms with Crippen LogP contribution in [0.2, 0.25) is 5.02 Å². The molecule has 0 amide bonds. The van der Waals surface area contributed by atoms with E-state index in [0.717, 1.165) is 11.1 Å². The Kier molecular flexibility index (Phi) is 14.6. The number of hydrogen-bond donors (Lipinski definition) is 1. The molecule has 0 radical (unpaired) electrons. The SMILES string of the molecule is CC.CC1C(=O)C1c1cccnc1.CCC(=O)C(c1cccc(Cl)c1)N(C)C.CNC. The smallest absolute Gasteiger partial charge is 0.154 e. The largest absolute Gasteiger partial charge is 0.323 e. The van der Waals surface area contributed by atoms with Gasteiger partial charge in [-0.2, -0.15) is 0 Å². The number of nitrogens with one attached hydrogen (secondary N) is 1. The molecule has 31 heavy (non-hydrogen) atoms. The van der Waals surface area contributed by atoms with Crippen LogP contribution in [0.5, 0.6) is 0 Å². The molecule has 172 valence electrons. The lowest BCUT2D eigenvalue weighted by atomic mass is 10.0. The Balaban J connectivity index is 0.000000493. The molecule has 0 aliphatic heterocycles. The minimum atomic E-state index is -0.186. The van der Waals surface area contributed by atoms with Gasteiger partial charge in [-0.1, -0.05) is 57.5 Å². The van der Waals surface area contributed by atoms with Crippen molar-refractivity contribution in [3.8, 4) is 0 Å². The van der Waals surface area contributed by atoms with Crippen LogP contribution in [-0.4, -0.2) is 49.6 Å². The van der Waals surface area contributed by atoms with E-state index in [2.05, 4.69) is 10.3 Å². The van der Waals surface area contributed by atoms with Gasteiger partial charge in [0.15, 0.2) is 5.78 Å². The first-order valence-corrected chi connectivity index (χ1v) is 11.1. The number of Topliss-reactive ketones (excluding diaryl/α,β-unsaturated/α-hetero) is 2. The molecule has 1 saturated carbocycles. The van der Waals surface area contributed by atoms with Crippen LogP contribution in [0.25, 0.3) is 0 Å². The topological polar surface area (TPSA) is 62.3 Å². The summed E-state index contributed by atoms with van der Waals surface area (Å²) in [5, 5.41) is 3.42. The Hall–Kier alpha value is -2.08. The molecule has 5 nitrogen and oxygen atoms in total. The number of nitrogens with zero attached hydrogens (tertiary/aromatic N) is 2. The summed E-state index contributed by atoms with van der Waals surface area (Å²) in [6, 6.07) is 11.1. The lowest BCUT2D eigenvalue weighted by Gasteiger charge is -2.23. The first kappa shape index (κ1) is 28.9. The van der Waals surface area contributed by atoms with Crippen molar-refractivity contribution in [1.82, 2.24) is 15.2 Å². The number of aromatic nitrogens is 1. The van der Waals surface area contributed by atoms with Gasteiger partial charge < -0.3 is 5.32 Å². The zero-order valence-electron chi connectivity index (χ0n) is 20.1. The summed E-state index contributed by atoms with van der Waals surface area (Å²) in [7, 11) is 7.55. The van der Waals surface area contributed by atoms with Crippen LogP contribution in [0.4, 0.5) is 0 Å². The van der Waals surface area contributed by atoms with Gasteiger partial charge >= 0.3 is 0 Å². The molecular formula is C25H38ClN3O2. The van der Waals surface area contributed by atoms with Crippen LogP contribution in [0.3, 0.4) is 0 Å². The summed E-state index contributed by atoms with van der Waals surface area (Å²) in [6.45, 7) is 7.84. The van der Waals surface area contributed by atoms with E-state index in [1.165, 1.54) is 0 Å². The quantitative estimate of drug-likeness (QED) is 0.685. The van der Waals surface area contributed by atoms with E-state index in [1.807, 2.05) is 97.2 Å². The number of rotatable bonds is 5. The maximum Gasteiger partial charge on any atom is 0.154 e. The third-order valence-corrected chi connectivity index (χ3v) is 4.76. The normalized spacial score (nSPS) is 17.2. The van der Waals surface area contributed by atoms with Gasteiger partial charge in [-0.25, -0.2) is 0 Å². The van der Waals surface area contributed by atoms with Gasteiger partial charge in [0.05, 0.1) is 12.0 Å². The average molecular weight is 448 g/mol. The van der Waals surface area contributed by atoms with Crippen molar-refractivity contribution >= 4 is 23.2 Å². The summed E-state index contributed by atoms with van der Waals surface area (Å²) in [4.78, 5) is 28.6. The van der Waals surface area contributed by atoms with Gasteiger partial charge in [-0.05, 0) is 57.5 Å². The highest BCUT2D eigenvalue weighted by Crippen LogP contribution is 2.41. The van der Waals surface area contributed by atoms with Gasteiger partial charge in [0.1, 0.15) is 5.78 Å². The summed E-state index contributed by atoms with van der Waals surface area (Å²) >= 11 is 5.91. The van der Waals surface area contributed by atoms with E-state index >= 15 is 0 Å². The number of halogens is 1. The average Bonchev–Trinajstić information content (AvgIpc) is 3.36. The second-order valence-corrected chi connectivity index (χ2v) is 7.63. The van der Waals surface area contributed by atoms with Crippen molar-refractivity contribution in [3.63, 3.8) is 0 Å². The number of benzene rings is 1. The Morgan fingerprint density at radius 1 is 1.19 bits per heavy atom. The number of pyridine rings is 1. The van der Waals surface area contributed by atoms with Crippen LogP contribution in [-0.2, 0) is 9.59 Å². The molecule has 3 unspecified atom stereocenters. The zero-order chi connectivity index (χ0) is 24.0. The van der Waals surface area contributed by atoms with Crippen LogP contribution < -0.4 is 5.32 Å². The minimum absolute atomic E-state index is 0.142. The van der Waals surface area contributed by atoms with Crippen molar-refractivity contribution in [2.45, 2.75) is 46.1 Å². The fourth-order valence-electron chi connectivity index (χ4n) is 3.02. The van der Waals surface area contributed by atoms with Crippen molar-refractivity contribution < 1.29 is 9.59 Å². The van der Waals surface area contributed by atoms with Gasteiger partial charge in [0.2, 0.25) is 0 Å². The fourth-order valence-corrected chi connectivity index (χ4v) is 3.22. The molecule has 6 heteroatoms. The molecule has 1 N–H and O–H groups in total. The van der Waals surface area contributed by atoms with Gasteiger partial charge in [-0.3, -0.25) is 19.5 Å². The number of likely N-dealkylation sites (N-methyl/N-ethyl adjacent to an activating group) is 1. The molecule has 1 aliphatic rings. The molecule has 1 aromatic heterocycles. The molecule has 3 atom stereocenters. The highest BCUT2D eigenvalue weighted by molar-refractivity contribution is 6.30. The van der Waals surface area contributed by atoms with E-state index in [1.54, 1.807) is 12.4 Å². The van der Waals surface area contributed by atoms with E-state index in [-0.39, 0.29) is 23.7 Å². The first-order chi connectivity index (χ1) is 14.8. The standard InChI is InChI=1S/C12H16ClNO.C9H9NO.C2H7N.C2H6/c1-4-11(15)12(14(2)3)9-6-5-7-10(13)8-9;1-6-8(9(6)11)7-3-2-4-10-5-7;1-3-2;1-2/h5-8,12H,4H2,1-3H3;2-6,8H,1H3;3H,1-2H3;1-2H3.